The number of nitro groups is 1. The van der Waals surface area contributed by atoms with Crippen molar-refractivity contribution in [3.05, 3.63) is 38.9 Å². The van der Waals surface area contributed by atoms with E-state index in [4.69, 9.17) is 16.3 Å². The number of hydrogen-bond acceptors (Lipinski definition) is 5. The molecule has 1 aromatic rings. The van der Waals surface area contributed by atoms with Gasteiger partial charge in [0.25, 0.3) is 11.6 Å². The van der Waals surface area contributed by atoms with Crippen molar-refractivity contribution in [3.63, 3.8) is 0 Å². The Morgan fingerprint density at radius 3 is 2.95 bits per heavy atom. The Labute approximate surface area is 120 Å². The second kappa shape index (κ2) is 6.17. The van der Waals surface area contributed by atoms with Gasteiger partial charge in [-0.3, -0.25) is 14.9 Å². The number of nitro benzene ring substituents is 1. The first kappa shape index (κ1) is 14.7. The van der Waals surface area contributed by atoms with Crippen LogP contribution in [0.4, 0.5) is 5.69 Å². The van der Waals surface area contributed by atoms with Crippen molar-refractivity contribution < 1.29 is 14.5 Å². The number of hydrogen-bond donors (Lipinski definition) is 2. The summed E-state index contributed by atoms with van der Waals surface area (Å²) in [6.45, 7) is 1.18. The summed E-state index contributed by atoms with van der Waals surface area (Å²) in [7, 11) is 1.55. The highest BCUT2D eigenvalue weighted by Crippen LogP contribution is 2.23. The Balaban J connectivity index is 2.20. The zero-order chi connectivity index (χ0) is 14.7. The fraction of sp³-hybridized carbons (Fsp3) is 0.417. The molecule has 7 nitrogen and oxygen atoms in total. The number of carbonyl (C=O) groups excluding carboxylic acids is 1. The highest BCUT2D eigenvalue weighted by Gasteiger charge is 2.30. The summed E-state index contributed by atoms with van der Waals surface area (Å²) in [5.41, 5.74) is -0.323. The number of ether oxygens (including phenoxy) is 1. The van der Waals surface area contributed by atoms with Gasteiger partial charge in [-0.2, -0.15) is 0 Å². The molecular weight excluding hydrogens is 286 g/mol. The van der Waals surface area contributed by atoms with E-state index >= 15 is 0 Å². The van der Waals surface area contributed by atoms with Crippen molar-refractivity contribution in [3.8, 4) is 0 Å². The number of halogens is 1. The van der Waals surface area contributed by atoms with E-state index in [-0.39, 0.29) is 28.4 Å². The lowest BCUT2D eigenvalue weighted by molar-refractivity contribution is -0.385. The van der Waals surface area contributed by atoms with Gasteiger partial charge in [0.1, 0.15) is 5.56 Å². The highest BCUT2D eigenvalue weighted by molar-refractivity contribution is 6.31. The van der Waals surface area contributed by atoms with Gasteiger partial charge in [0.2, 0.25) is 0 Å². The van der Waals surface area contributed by atoms with Crippen molar-refractivity contribution >= 4 is 23.2 Å². The van der Waals surface area contributed by atoms with E-state index in [0.29, 0.717) is 13.1 Å². The maximum atomic E-state index is 12.2. The largest absolute Gasteiger partial charge is 0.378 e. The molecule has 2 N–H and O–H groups in total. The molecule has 20 heavy (non-hydrogen) atoms. The molecule has 8 heteroatoms. The molecule has 108 valence electrons. The van der Waals surface area contributed by atoms with E-state index in [9.17, 15) is 14.9 Å². The minimum Gasteiger partial charge on any atom is -0.378 e. The molecule has 0 bridgehead atoms. The lowest BCUT2D eigenvalue weighted by Crippen LogP contribution is -2.43. The van der Waals surface area contributed by atoms with Crippen molar-refractivity contribution in [1.82, 2.24) is 10.6 Å². The Morgan fingerprint density at radius 1 is 1.55 bits per heavy atom. The molecule has 0 saturated carbocycles. The maximum absolute atomic E-state index is 12.2. The van der Waals surface area contributed by atoms with Crippen molar-refractivity contribution in [2.24, 2.45) is 0 Å². The standard InChI is InChI=1S/C12H14ClN3O4/c1-20-11-6-14-5-9(11)15-12(17)8-4-7(13)2-3-10(8)16(18)19/h2-4,9,11,14H,5-6H2,1H3,(H,15,17)/t9?,11-/m0/s1. The average Bonchev–Trinajstić information content (AvgIpc) is 2.85. The van der Waals surface area contributed by atoms with Crippen molar-refractivity contribution in [1.29, 1.82) is 0 Å². The third kappa shape index (κ3) is 3.06. The predicted octanol–water partition coefficient (Wildman–Crippen LogP) is 0.965. The summed E-state index contributed by atoms with van der Waals surface area (Å²) in [5, 5.41) is 17.0. The van der Waals surface area contributed by atoms with Gasteiger partial charge in [0.15, 0.2) is 0 Å². The number of nitrogens with zero attached hydrogens (tertiary/aromatic N) is 1. The van der Waals surface area contributed by atoms with Crippen LogP contribution in [0.25, 0.3) is 0 Å². The van der Waals surface area contributed by atoms with Gasteiger partial charge < -0.3 is 15.4 Å². The highest BCUT2D eigenvalue weighted by atomic mass is 35.5. The van der Waals surface area contributed by atoms with Gasteiger partial charge in [-0.15, -0.1) is 0 Å². The molecule has 1 aliphatic heterocycles. The van der Waals surface area contributed by atoms with E-state index in [0.717, 1.165) is 0 Å². The molecule has 0 aromatic heterocycles. The van der Waals surface area contributed by atoms with Gasteiger partial charge in [-0.25, -0.2) is 0 Å². The molecule has 1 saturated heterocycles. The molecule has 2 atom stereocenters. The minimum atomic E-state index is -0.605. The molecule has 1 aliphatic rings. The van der Waals surface area contributed by atoms with Crippen LogP contribution in [0.5, 0.6) is 0 Å². The van der Waals surface area contributed by atoms with E-state index in [1.54, 1.807) is 7.11 Å². The Kier molecular flexibility index (Phi) is 4.53. The first-order chi connectivity index (χ1) is 9.52. The van der Waals surface area contributed by atoms with Crippen molar-refractivity contribution in [2.45, 2.75) is 12.1 Å². The molecular formula is C12H14ClN3O4. The number of nitrogens with one attached hydrogen (secondary N) is 2. The number of methoxy groups -OCH3 is 1. The van der Waals surface area contributed by atoms with Crippen LogP contribution in [0.15, 0.2) is 18.2 Å². The topological polar surface area (TPSA) is 93.5 Å². The van der Waals surface area contributed by atoms with Gasteiger partial charge >= 0.3 is 0 Å². The minimum absolute atomic E-state index is 0.0516. The number of amides is 1. The van der Waals surface area contributed by atoms with Gasteiger partial charge in [0, 0.05) is 31.3 Å². The first-order valence-electron chi connectivity index (χ1n) is 6.01. The molecule has 2 rings (SSSR count). The number of carbonyl (C=O) groups is 1. The number of rotatable bonds is 4. The van der Waals surface area contributed by atoms with Crippen LogP contribution < -0.4 is 10.6 Å². The average molecular weight is 300 g/mol. The van der Waals surface area contributed by atoms with E-state index in [1.807, 2.05) is 0 Å². The molecule has 0 spiro atoms. The van der Waals surface area contributed by atoms with Gasteiger partial charge in [0.05, 0.1) is 17.1 Å². The number of benzene rings is 1. The van der Waals surface area contributed by atoms with Crippen LogP contribution in [0, 0.1) is 10.1 Å². The zero-order valence-electron chi connectivity index (χ0n) is 10.8. The second-order valence-electron chi connectivity index (χ2n) is 4.43. The summed E-state index contributed by atoms with van der Waals surface area (Å²) in [5.74, 6) is -0.532. The fourth-order valence-corrected chi connectivity index (χ4v) is 2.31. The Hall–Kier alpha value is -1.70. The summed E-state index contributed by atoms with van der Waals surface area (Å²) in [6, 6.07) is 3.66. The zero-order valence-corrected chi connectivity index (χ0v) is 11.5. The monoisotopic (exact) mass is 299 g/mol. The molecule has 1 heterocycles. The quantitative estimate of drug-likeness (QED) is 0.638. The Morgan fingerprint density at radius 2 is 2.30 bits per heavy atom. The molecule has 0 aliphatic carbocycles. The summed E-state index contributed by atoms with van der Waals surface area (Å²) in [4.78, 5) is 22.5. The molecule has 1 amide bonds. The normalized spacial score (nSPS) is 21.7. The lowest BCUT2D eigenvalue weighted by atomic mass is 10.1. The van der Waals surface area contributed by atoms with E-state index in [2.05, 4.69) is 10.6 Å². The molecule has 1 fully saturated rings. The van der Waals surface area contributed by atoms with Crippen LogP contribution in [-0.2, 0) is 4.74 Å². The summed E-state index contributed by atoms with van der Waals surface area (Å²) >= 11 is 5.80. The summed E-state index contributed by atoms with van der Waals surface area (Å²) < 4.78 is 5.22. The molecule has 1 unspecified atom stereocenters. The van der Waals surface area contributed by atoms with Crippen LogP contribution in [-0.4, -0.2) is 43.2 Å². The smallest absolute Gasteiger partial charge is 0.282 e. The lowest BCUT2D eigenvalue weighted by Gasteiger charge is -2.18. The predicted molar refractivity (Wildman–Crippen MR) is 73.0 cm³/mol. The Bertz CT molecular complexity index is 537. The fourth-order valence-electron chi connectivity index (χ4n) is 2.14. The van der Waals surface area contributed by atoms with Crippen LogP contribution >= 0.6 is 11.6 Å². The second-order valence-corrected chi connectivity index (χ2v) is 4.87. The van der Waals surface area contributed by atoms with E-state index in [1.165, 1.54) is 18.2 Å². The molecule has 0 radical (unpaired) electrons. The SMILES string of the molecule is CO[C@H]1CNCC1NC(=O)c1cc(Cl)ccc1[N+](=O)[O-]. The molecule has 1 aromatic carbocycles. The maximum Gasteiger partial charge on any atom is 0.282 e. The third-order valence-corrected chi connectivity index (χ3v) is 3.41. The summed E-state index contributed by atoms with van der Waals surface area (Å²) in [6.07, 6.45) is -0.155. The van der Waals surface area contributed by atoms with Crippen molar-refractivity contribution in [2.75, 3.05) is 20.2 Å². The first-order valence-corrected chi connectivity index (χ1v) is 6.39. The van der Waals surface area contributed by atoms with Crippen LogP contribution in [0.1, 0.15) is 10.4 Å². The van der Waals surface area contributed by atoms with Gasteiger partial charge in [-0.1, -0.05) is 11.6 Å². The van der Waals surface area contributed by atoms with E-state index < -0.39 is 10.8 Å². The van der Waals surface area contributed by atoms with Crippen LogP contribution in [0.3, 0.4) is 0 Å². The third-order valence-electron chi connectivity index (χ3n) is 3.18. The van der Waals surface area contributed by atoms with Crippen LogP contribution in [0.2, 0.25) is 5.02 Å². The van der Waals surface area contributed by atoms with Gasteiger partial charge in [-0.05, 0) is 12.1 Å².